The smallest absolute Gasteiger partial charge is 0.228 e. The summed E-state index contributed by atoms with van der Waals surface area (Å²) in [7, 11) is 0. The van der Waals surface area contributed by atoms with Gasteiger partial charge < -0.3 is 30.8 Å². The number of amides is 1. The number of carbonyl (C=O) groups excluding carboxylic acids is 1. The highest BCUT2D eigenvalue weighted by molar-refractivity contribution is 5.93. The second-order valence-corrected chi connectivity index (χ2v) is 6.91. The molecule has 2 aliphatic heterocycles. The zero-order valence-electron chi connectivity index (χ0n) is 20.9. The van der Waals surface area contributed by atoms with Gasteiger partial charge in [0.2, 0.25) is 12.4 Å². The van der Waals surface area contributed by atoms with Crippen molar-refractivity contribution in [3.05, 3.63) is 35.9 Å². The summed E-state index contributed by atoms with van der Waals surface area (Å²) in [6.07, 6.45) is 3.48. The molecule has 9 heteroatoms. The minimum Gasteiger partial charge on any atom is -0.381 e. The molecule has 0 spiro atoms. The second-order valence-electron chi connectivity index (χ2n) is 6.91. The first kappa shape index (κ1) is 29.0. The van der Waals surface area contributed by atoms with Crippen molar-refractivity contribution >= 4 is 24.4 Å². The number of benzene rings is 1. The summed E-state index contributed by atoms with van der Waals surface area (Å²) in [5, 5.41) is 11.6. The van der Waals surface area contributed by atoms with Crippen LogP contribution in [0, 0.1) is 5.41 Å². The Hall–Kier alpha value is -3.04. The average molecular weight is 473 g/mol. The molecule has 188 valence electrons. The third-order valence-corrected chi connectivity index (χ3v) is 4.98. The van der Waals surface area contributed by atoms with E-state index < -0.39 is 0 Å². The van der Waals surface area contributed by atoms with Gasteiger partial charge in [-0.1, -0.05) is 58.0 Å². The lowest BCUT2D eigenvalue weighted by Crippen LogP contribution is -2.38. The minimum absolute atomic E-state index is 0.250. The van der Waals surface area contributed by atoms with E-state index >= 15 is 0 Å². The molecular weight excluding hydrogens is 432 g/mol. The molecule has 2 aromatic rings. The topological polar surface area (TPSA) is 126 Å². The Labute approximate surface area is 203 Å². The SMILES string of the molecule is CC.CC.N=Cc1c(NC2CCOCC2)nc(N2CCOCC2)nc1-c1ccccc1.NC=O. The highest BCUT2D eigenvalue weighted by atomic mass is 16.5. The number of aromatic nitrogens is 2. The summed E-state index contributed by atoms with van der Waals surface area (Å²) in [4.78, 5) is 20.4. The van der Waals surface area contributed by atoms with E-state index in [0.717, 1.165) is 61.8 Å². The van der Waals surface area contributed by atoms with Crippen LogP contribution in [0.3, 0.4) is 0 Å². The molecule has 0 aliphatic carbocycles. The van der Waals surface area contributed by atoms with E-state index in [9.17, 15) is 0 Å². The Kier molecular flexibility index (Phi) is 14.9. The second kappa shape index (κ2) is 17.4. The largest absolute Gasteiger partial charge is 0.381 e. The van der Waals surface area contributed by atoms with Crippen LogP contribution in [0.15, 0.2) is 30.3 Å². The first-order valence-electron chi connectivity index (χ1n) is 12.1. The van der Waals surface area contributed by atoms with Crippen molar-refractivity contribution in [2.45, 2.75) is 46.6 Å². The van der Waals surface area contributed by atoms with Gasteiger partial charge in [-0.25, -0.2) is 4.98 Å². The van der Waals surface area contributed by atoms with Gasteiger partial charge in [0.1, 0.15) is 5.82 Å². The molecule has 4 N–H and O–H groups in total. The lowest BCUT2D eigenvalue weighted by molar-refractivity contribution is -0.106. The molecule has 0 saturated carbocycles. The third kappa shape index (κ3) is 8.72. The first-order chi connectivity index (χ1) is 16.8. The number of hydrogen-bond acceptors (Lipinski definition) is 8. The summed E-state index contributed by atoms with van der Waals surface area (Å²) >= 11 is 0. The predicted molar refractivity (Wildman–Crippen MR) is 139 cm³/mol. The summed E-state index contributed by atoms with van der Waals surface area (Å²) in [6, 6.07) is 10.3. The number of anilines is 2. The standard InChI is InChI=1S/C20H25N5O2.2C2H6.CH3NO/c21-14-17-18(15-4-2-1-3-5-15)23-20(25-8-12-27-13-9-25)24-19(17)22-16-6-10-26-11-7-16;2*1-2;2-1-3/h1-5,14,16,21H,6-13H2,(H,22,23,24);2*1-2H3;1H,(H2,2,3). The van der Waals surface area contributed by atoms with Gasteiger partial charge in [-0.05, 0) is 12.8 Å². The maximum absolute atomic E-state index is 8.58. The Morgan fingerprint density at radius 1 is 1.00 bits per heavy atom. The summed E-state index contributed by atoms with van der Waals surface area (Å²) in [5.41, 5.74) is 6.67. The zero-order valence-corrected chi connectivity index (χ0v) is 20.9. The van der Waals surface area contributed by atoms with Crippen LogP contribution in [-0.4, -0.2) is 68.2 Å². The van der Waals surface area contributed by atoms with Gasteiger partial charge in [0, 0.05) is 44.1 Å². The molecular formula is C25H40N6O3. The lowest BCUT2D eigenvalue weighted by atomic mass is 10.1. The Bertz CT molecular complexity index is 823. The monoisotopic (exact) mass is 472 g/mol. The van der Waals surface area contributed by atoms with Gasteiger partial charge in [-0.3, -0.25) is 4.79 Å². The molecule has 2 fully saturated rings. The number of carbonyl (C=O) groups is 1. The number of nitrogens with one attached hydrogen (secondary N) is 2. The van der Waals surface area contributed by atoms with Crippen molar-refractivity contribution in [3.63, 3.8) is 0 Å². The van der Waals surface area contributed by atoms with Crippen LogP contribution in [-0.2, 0) is 14.3 Å². The van der Waals surface area contributed by atoms with E-state index in [0.29, 0.717) is 25.2 Å². The van der Waals surface area contributed by atoms with Gasteiger partial charge in [0.05, 0.1) is 24.5 Å². The van der Waals surface area contributed by atoms with Gasteiger partial charge in [0.15, 0.2) is 0 Å². The van der Waals surface area contributed by atoms with Gasteiger partial charge in [0.25, 0.3) is 0 Å². The van der Waals surface area contributed by atoms with Crippen LogP contribution < -0.4 is 16.0 Å². The predicted octanol–water partition coefficient (Wildman–Crippen LogP) is 3.72. The molecule has 1 amide bonds. The van der Waals surface area contributed by atoms with Crippen molar-refractivity contribution in [1.29, 1.82) is 5.41 Å². The quantitative estimate of drug-likeness (QED) is 0.447. The highest BCUT2D eigenvalue weighted by Crippen LogP contribution is 2.29. The number of primary amides is 1. The number of nitrogens with two attached hydrogens (primary N) is 1. The van der Waals surface area contributed by atoms with Gasteiger partial charge in [-0.2, -0.15) is 4.98 Å². The van der Waals surface area contributed by atoms with Gasteiger partial charge >= 0.3 is 0 Å². The molecule has 0 radical (unpaired) electrons. The maximum Gasteiger partial charge on any atom is 0.228 e. The zero-order chi connectivity index (χ0) is 25.2. The average Bonchev–Trinajstić information content (AvgIpc) is 2.92. The molecule has 4 rings (SSSR count). The van der Waals surface area contributed by atoms with E-state index in [1.165, 1.54) is 6.21 Å². The van der Waals surface area contributed by atoms with Crippen molar-refractivity contribution in [1.82, 2.24) is 9.97 Å². The molecule has 0 bridgehead atoms. The summed E-state index contributed by atoms with van der Waals surface area (Å²) in [5.74, 6) is 1.42. The fourth-order valence-corrected chi connectivity index (χ4v) is 3.46. The highest BCUT2D eigenvalue weighted by Gasteiger charge is 2.22. The summed E-state index contributed by atoms with van der Waals surface area (Å²) in [6.45, 7) is 12.4. The lowest BCUT2D eigenvalue weighted by Gasteiger charge is -2.29. The molecule has 2 saturated heterocycles. The van der Waals surface area contributed by atoms with Crippen LogP contribution in [0.5, 0.6) is 0 Å². The molecule has 3 heterocycles. The fourth-order valence-electron chi connectivity index (χ4n) is 3.46. The van der Waals surface area contributed by atoms with E-state index in [1.54, 1.807) is 0 Å². The molecule has 0 unspecified atom stereocenters. The number of hydrogen-bond donors (Lipinski definition) is 3. The molecule has 34 heavy (non-hydrogen) atoms. The number of rotatable bonds is 5. The van der Waals surface area contributed by atoms with Crippen molar-refractivity contribution < 1.29 is 14.3 Å². The molecule has 1 aromatic carbocycles. The molecule has 9 nitrogen and oxygen atoms in total. The van der Waals surface area contributed by atoms with E-state index in [1.807, 2.05) is 58.0 Å². The third-order valence-electron chi connectivity index (χ3n) is 4.98. The Morgan fingerprint density at radius 3 is 2.12 bits per heavy atom. The minimum atomic E-state index is 0.250. The normalized spacial score (nSPS) is 15.2. The molecule has 2 aliphatic rings. The van der Waals surface area contributed by atoms with Crippen LogP contribution in [0.4, 0.5) is 11.8 Å². The van der Waals surface area contributed by atoms with E-state index in [2.05, 4.69) is 16.0 Å². The van der Waals surface area contributed by atoms with Gasteiger partial charge in [-0.15, -0.1) is 0 Å². The van der Waals surface area contributed by atoms with E-state index in [-0.39, 0.29) is 6.41 Å². The number of nitrogens with zero attached hydrogens (tertiary/aromatic N) is 3. The van der Waals surface area contributed by atoms with Crippen LogP contribution in [0.1, 0.15) is 46.1 Å². The van der Waals surface area contributed by atoms with Crippen LogP contribution in [0.2, 0.25) is 0 Å². The van der Waals surface area contributed by atoms with Crippen molar-refractivity contribution in [2.24, 2.45) is 5.73 Å². The number of ether oxygens (including phenoxy) is 2. The van der Waals surface area contributed by atoms with Crippen molar-refractivity contribution in [3.8, 4) is 11.3 Å². The fraction of sp³-hybridized carbons (Fsp3) is 0.520. The first-order valence-corrected chi connectivity index (χ1v) is 12.1. The Morgan fingerprint density at radius 2 is 1.56 bits per heavy atom. The maximum atomic E-state index is 8.58. The summed E-state index contributed by atoms with van der Waals surface area (Å²) < 4.78 is 10.9. The number of morpholine rings is 1. The van der Waals surface area contributed by atoms with Crippen molar-refractivity contribution in [2.75, 3.05) is 49.7 Å². The molecule has 0 atom stereocenters. The Balaban J connectivity index is 0.000000750. The van der Waals surface area contributed by atoms with Crippen LogP contribution in [0.25, 0.3) is 11.3 Å². The molecule has 1 aromatic heterocycles. The van der Waals surface area contributed by atoms with E-state index in [4.69, 9.17) is 29.6 Å². The van der Waals surface area contributed by atoms with Crippen LogP contribution >= 0.6 is 0 Å².